The van der Waals surface area contributed by atoms with E-state index in [1.165, 1.54) is 20.5 Å². The molecule has 0 spiro atoms. The third-order valence-electron chi connectivity index (χ3n) is 2.94. The highest BCUT2D eigenvalue weighted by atomic mass is 32.1. The standard InChI is InChI=1S/C14H13NS2/c1-15-13(12-6-3-8-16-12)11-5-2-4-10-7-9-17-14(10)11/h2-9,13,15H,1H3. The summed E-state index contributed by atoms with van der Waals surface area (Å²) in [6.07, 6.45) is 0. The minimum atomic E-state index is 0.303. The van der Waals surface area contributed by atoms with E-state index in [1.54, 1.807) is 11.3 Å². The number of hydrogen-bond donors (Lipinski definition) is 1. The molecule has 0 saturated heterocycles. The monoisotopic (exact) mass is 259 g/mol. The van der Waals surface area contributed by atoms with Gasteiger partial charge in [0.05, 0.1) is 6.04 Å². The fourth-order valence-electron chi connectivity index (χ4n) is 2.15. The van der Waals surface area contributed by atoms with Gasteiger partial charge in [-0.2, -0.15) is 0 Å². The van der Waals surface area contributed by atoms with Gasteiger partial charge in [-0.3, -0.25) is 0 Å². The fourth-order valence-corrected chi connectivity index (χ4v) is 3.95. The van der Waals surface area contributed by atoms with Crippen molar-refractivity contribution in [3.8, 4) is 0 Å². The Balaban J connectivity index is 2.16. The molecule has 2 aromatic heterocycles. The molecule has 1 nitrogen and oxygen atoms in total. The van der Waals surface area contributed by atoms with Gasteiger partial charge in [0.25, 0.3) is 0 Å². The van der Waals surface area contributed by atoms with Gasteiger partial charge >= 0.3 is 0 Å². The molecule has 0 bridgehead atoms. The van der Waals surface area contributed by atoms with Gasteiger partial charge in [-0.1, -0.05) is 24.3 Å². The molecule has 1 unspecified atom stereocenters. The molecule has 0 radical (unpaired) electrons. The molecular weight excluding hydrogens is 246 g/mol. The van der Waals surface area contributed by atoms with Gasteiger partial charge in [-0.25, -0.2) is 0 Å². The van der Waals surface area contributed by atoms with Gasteiger partial charge in [-0.05, 0) is 40.9 Å². The van der Waals surface area contributed by atoms with Gasteiger partial charge in [0.15, 0.2) is 0 Å². The quantitative estimate of drug-likeness (QED) is 0.740. The molecule has 0 amide bonds. The van der Waals surface area contributed by atoms with Crippen molar-refractivity contribution >= 4 is 32.8 Å². The van der Waals surface area contributed by atoms with Crippen molar-refractivity contribution < 1.29 is 0 Å². The smallest absolute Gasteiger partial charge is 0.0682 e. The number of thiophene rings is 2. The van der Waals surface area contributed by atoms with Crippen LogP contribution < -0.4 is 5.32 Å². The van der Waals surface area contributed by atoms with Crippen molar-refractivity contribution in [2.24, 2.45) is 0 Å². The minimum absolute atomic E-state index is 0.303. The Hall–Kier alpha value is -1.16. The SMILES string of the molecule is CNC(c1cccs1)c1cccc2ccsc12. The molecular formula is C14H13NS2. The van der Waals surface area contributed by atoms with E-state index in [0.717, 1.165) is 0 Å². The summed E-state index contributed by atoms with van der Waals surface area (Å²) in [4.78, 5) is 1.37. The fraction of sp³-hybridized carbons (Fsp3) is 0.143. The van der Waals surface area contributed by atoms with Crippen LogP contribution in [-0.2, 0) is 0 Å². The Kier molecular flexibility index (Phi) is 2.97. The van der Waals surface area contributed by atoms with Crippen LogP contribution in [0, 0.1) is 0 Å². The van der Waals surface area contributed by atoms with Crippen molar-refractivity contribution in [1.29, 1.82) is 0 Å². The Labute approximate surface area is 109 Å². The highest BCUT2D eigenvalue weighted by Gasteiger charge is 2.15. The predicted octanol–water partition coefficient (Wildman–Crippen LogP) is 4.27. The summed E-state index contributed by atoms with van der Waals surface area (Å²) in [5.74, 6) is 0. The average molecular weight is 259 g/mol. The second-order valence-electron chi connectivity index (χ2n) is 3.92. The summed E-state index contributed by atoms with van der Waals surface area (Å²) in [6.45, 7) is 0. The molecule has 3 heteroatoms. The summed E-state index contributed by atoms with van der Waals surface area (Å²) in [5.41, 5.74) is 1.38. The second kappa shape index (κ2) is 4.61. The first-order chi connectivity index (χ1) is 8.40. The highest BCUT2D eigenvalue weighted by molar-refractivity contribution is 7.17. The van der Waals surface area contributed by atoms with Crippen LogP contribution in [0.5, 0.6) is 0 Å². The molecule has 0 aliphatic rings. The second-order valence-corrected chi connectivity index (χ2v) is 5.82. The Morgan fingerprint density at radius 3 is 2.71 bits per heavy atom. The van der Waals surface area contributed by atoms with E-state index in [9.17, 15) is 0 Å². The van der Waals surface area contributed by atoms with E-state index in [4.69, 9.17) is 0 Å². The van der Waals surface area contributed by atoms with Crippen LogP contribution in [0.4, 0.5) is 0 Å². The average Bonchev–Trinajstić information content (AvgIpc) is 3.00. The van der Waals surface area contributed by atoms with Crippen LogP contribution in [0.2, 0.25) is 0 Å². The van der Waals surface area contributed by atoms with E-state index in [1.807, 2.05) is 18.4 Å². The van der Waals surface area contributed by atoms with Crippen LogP contribution in [0.15, 0.2) is 47.2 Å². The first-order valence-corrected chi connectivity index (χ1v) is 7.33. The lowest BCUT2D eigenvalue weighted by Gasteiger charge is -2.15. The molecule has 1 atom stereocenters. The molecule has 86 valence electrons. The summed E-state index contributed by atoms with van der Waals surface area (Å²) >= 11 is 3.62. The van der Waals surface area contributed by atoms with Crippen LogP contribution in [0.1, 0.15) is 16.5 Å². The van der Waals surface area contributed by atoms with Crippen LogP contribution in [-0.4, -0.2) is 7.05 Å². The van der Waals surface area contributed by atoms with Gasteiger partial charge in [0.2, 0.25) is 0 Å². The predicted molar refractivity (Wildman–Crippen MR) is 77.0 cm³/mol. The maximum absolute atomic E-state index is 3.42. The topological polar surface area (TPSA) is 12.0 Å². The molecule has 2 heterocycles. The zero-order chi connectivity index (χ0) is 11.7. The van der Waals surface area contributed by atoms with E-state index in [-0.39, 0.29) is 0 Å². The maximum atomic E-state index is 3.42. The number of nitrogens with one attached hydrogen (secondary N) is 1. The molecule has 0 aliphatic heterocycles. The normalized spacial score (nSPS) is 13.0. The van der Waals surface area contributed by atoms with Gasteiger partial charge in [0, 0.05) is 9.58 Å². The van der Waals surface area contributed by atoms with Gasteiger partial charge < -0.3 is 5.32 Å². The number of benzene rings is 1. The molecule has 0 saturated carbocycles. The first kappa shape index (κ1) is 11.0. The number of fused-ring (bicyclic) bond motifs is 1. The summed E-state index contributed by atoms with van der Waals surface area (Å²) < 4.78 is 1.39. The van der Waals surface area contributed by atoms with Crippen LogP contribution in [0.25, 0.3) is 10.1 Å². The molecule has 3 rings (SSSR count). The zero-order valence-corrected chi connectivity index (χ0v) is 11.1. The third kappa shape index (κ3) is 1.90. The van der Waals surface area contributed by atoms with E-state index in [0.29, 0.717) is 6.04 Å². The number of hydrogen-bond acceptors (Lipinski definition) is 3. The lowest BCUT2D eigenvalue weighted by molar-refractivity contribution is 0.710. The largest absolute Gasteiger partial charge is 0.309 e. The number of rotatable bonds is 3. The third-order valence-corrected chi connectivity index (χ3v) is 4.85. The Morgan fingerprint density at radius 2 is 1.94 bits per heavy atom. The van der Waals surface area contributed by atoms with Crippen molar-refractivity contribution in [2.75, 3.05) is 7.05 Å². The van der Waals surface area contributed by atoms with Gasteiger partial charge in [0.1, 0.15) is 0 Å². The Bertz CT molecular complexity index is 610. The van der Waals surface area contributed by atoms with E-state index in [2.05, 4.69) is 52.5 Å². The Morgan fingerprint density at radius 1 is 1.00 bits per heavy atom. The highest BCUT2D eigenvalue weighted by Crippen LogP contribution is 2.33. The first-order valence-electron chi connectivity index (χ1n) is 5.57. The molecule has 1 aromatic carbocycles. The molecule has 0 fully saturated rings. The zero-order valence-electron chi connectivity index (χ0n) is 9.51. The molecule has 1 N–H and O–H groups in total. The van der Waals surface area contributed by atoms with E-state index < -0.39 is 0 Å². The molecule has 3 aromatic rings. The molecule has 0 aliphatic carbocycles. The summed E-state index contributed by atoms with van der Waals surface area (Å²) in [7, 11) is 2.02. The lowest BCUT2D eigenvalue weighted by Crippen LogP contribution is -2.16. The van der Waals surface area contributed by atoms with Crippen molar-refractivity contribution in [2.45, 2.75) is 6.04 Å². The summed E-state index contributed by atoms with van der Waals surface area (Å²) in [5, 5.41) is 9.05. The maximum Gasteiger partial charge on any atom is 0.0682 e. The lowest BCUT2D eigenvalue weighted by atomic mass is 10.0. The van der Waals surface area contributed by atoms with Gasteiger partial charge in [-0.15, -0.1) is 22.7 Å². The minimum Gasteiger partial charge on any atom is -0.309 e. The summed E-state index contributed by atoms with van der Waals surface area (Å²) in [6, 6.07) is 13.3. The van der Waals surface area contributed by atoms with Crippen molar-refractivity contribution in [3.05, 3.63) is 57.6 Å². The van der Waals surface area contributed by atoms with Crippen LogP contribution in [0.3, 0.4) is 0 Å². The van der Waals surface area contributed by atoms with E-state index >= 15 is 0 Å². The van der Waals surface area contributed by atoms with Crippen molar-refractivity contribution in [1.82, 2.24) is 5.32 Å². The van der Waals surface area contributed by atoms with Crippen molar-refractivity contribution in [3.63, 3.8) is 0 Å². The van der Waals surface area contributed by atoms with Crippen LogP contribution >= 0.6 is 22.7 Å². The molecule has 17 heavy (non-hydrogen) atoms.